The molecule has 0 radical (unpaired) electrons. The molecule has 0 fully saturated rings. The van der Waals surface area contributed by atoms with Gasteiger partial charge in [-0.1, -0.05) is 70.1 Å². The molecule has 1 aliphatic rings. The molecule has 1 N–H and O–H groups in total. The van der Waals surface area contributed by atoms with Crippen molar-refractivity contribution < 1.29 is 4.79 Å². The van der Waals surface area contributed by atoms with Crippen molar-refractivity contribution in [3.8, 4) is 11.3 Å². The molecule has 3 rings (SSSR count). The molecule has 0 saturated carbocycles. The van der Waals surface area contributed by atoms with Crippen molar-refractivity contribution in [3.05, 3.63) is 41.0 Å². The number of halogens is 1. The van der Waals surface area contributed by atoms with Gasteiger partial charge >= 0.3 is 0 Å². The van der Waals surface area contributed by atoms with Crippen LogP contribution in [0.3, 0.4) is 0 Å². The Morgan fingerprint density at radius 1 is 1.30 bits per heavy atom. The van der Waals surface area contributed by atoms with Crippen molar-refractivity contribution >= 4 is 25.6 Å². The second-order valence-electron chi connectivity index (χ2n) is 9.26. The summed E-state index contributed by atoms with van der Waals surface area (Å²) in [5, 5.41) is 8.88. The Balaban J connectivity index is 1.77. The van der Waals surface area contributed by atoms with E-state index >= 15 is 0 Å². The van der Waals surface area contributed by atoms with Crippen LogP contribution in [0.15, 0.2) is 30.3 Å². The first-order valence-corrected chi connectivity index (χ1v) is 13.3. The van der Waals surface area contributed by atoms with Gasteiger partial charge in [-0.05, 0) is 29.7 Å². The van der Waals surface area contributed by atoms with Crippen LogP contribution in [-0.4, -0.2) is 30.3 Å². The molecule has 0 aliphatic carbocycles. The molecule has 1 aromatic heterocycles. The molecule has 1 aromatic carbocycles. The lowest BCUT2D eigenvalue weighted by Crippen LogP contribution is -2.40. The Morgan fingerprint density at radius 2 is 2.04 bits per heavy atom. The molecular weight excluding hydrogens is 374 g/mol. The number of aromatic nitrogens is 2. The second-order valence-corrected chi connectivity index (χ2v) is 15.5. The average Bonchev–Trinajstić information content (AvgIpc) is 3.02. The van der Waals surface area contributed by atoms with Crippen LogP contribution in [-0.2, 0) is 0 Å². The Labute approximate surface area is 168 Å². The molecule has 1 atom stereocenters. The third-order valence-corrected chi connectivity index (χ3v) is 12.2. The maximum atomic E-state index is 12.3. The quantitative estimate of drug-likeness (QED) is 0.643. The normalized spacial score (nSPS) is 17.6. The minimum Gasteiger partial charge on any atom is -0.349 e. The Kier molecular flexibility index (Phi) is 5.55. The summed E-state index contributed by atoms with van der Waals surface area (Å²) < 4.78 is 1.93. The van der Waals surface area contributed by atoms with Crippen LogP contribution in [0.25, 0.3) is 11.3 Å². The van der Waals surface area contributed by atoms with E-state index in [-0.39, 0.29) is 11.9 Å². The van der Waals surface area contributed by atoms with E-state index in [2.05, 4.69) is 39.2 Å². The molecule has 0 bridgehead atoms. The van der Waals surface area contributed by atoms with Gasteiger partial charge in [-0.2, -0.15) is 5.10 Å². The number of nitrogens with one attached hydrogen (secondary N) is 1. The smallest absolute Gasteiger partial charge is 0.269 e. The summed E-state index contributed by atoms with van der Waals surface area (Å²) in [5.74, 6) is -0.0450. The first kappa shape index (κ1) is 20.1. The van der Waals surface area contributed by atoms with E-state index in [1.165, 1.54) is 12.5 Å². The number of carbonyl (C=O) groups excluding carboxylic acids is 1. The summed E-state index contributed by atoms with van der Waals surface area (Å²) in [5.41, 5.74) is 2.39. The van der Waals surface area contributed by atoms with Crippen LogP contribution < -0.4 is 5.32 Å². The number of amides is 1. The first-order chi connectivity index (χ1) is 12.6. The molecule has 2 heterocycles. The fraction of sp³-hybridized carbons (Fsp3) is 0.524. The largest absolute Gasteiger partial charge is 0.349 e. The fourth-order valence-corrected chi connectivity index (χ4v) is 5.43. The van der Waals surface area contributed by atoms with E-state index in [1.54, 1.807) is 0 Å². The number of hydrogen-bond acceptors (Lipinski definition) is 2. The summed E-state index contributed by atoms with van der Waals surface area (Å²) in [7, 11) is -1.28. The van der Waals surface area contributed by atoms with Crippen LogP contribution in [0.5, 0.6) is 0 Å². The molecule has 6 heteroatoms. The minimum atomic E-state index is -1.28. The second kappa shape index (κ2) is 7.44. The molecule has 2 aromatic rings. The first-order valence-electron chi connectivity index (χ1n) is 9.72. The third-order valence-electron chi connectivity index (χ3n) is 6.30. The van der Waals surface area contributed by atoms with Crippen LogP contribution in [0, 0.1) is 0 Å². The van der Waals surface area contributed by atoms with Crippen molar-refractivity contribution in [2.24, 2.45) is 0 Å². The van der Waals surface area contributed by atoms with Gasteiger partial charge in [0.25, 0.3) is 5.91 Å². The van der Waals surface area contributed by atoms with Gasteiger partial charge in [0.1, 0.15) is 5.69 Å². The van der Waals surface area contributed by atoms with Crippen molar-refractivity contribution in [1.29, 1.82) is 0 Å². The van der Waals surface area contributed by atoms with Crippen LogP contribution in [0.1, 0.15) is 50.1 Å². The van der Waals surface area contributed by atoms with Gasteiger partial charge in [0.05, 0.1) is 19.8 Å². The van der Waals surface area contributed by atoms with Gasteiger partial charge in [-0.3, -0.25) is 9.48 Å². The predicted octanol–water partition coefficient (Wildman–Crippen LogP) is 5.78. The summed E-state index contributed by atoms with van der Waals surface area (Å²) in [4.78, 5) is 12.3. The number of hydrogen-bond donors (Lipinski definition) is 1. The molecule has 1 amide bonds. The summed E-state index contributed by atoms with van der Waals surface area (Å²) in [6.45, 7) is 12.7. The van der Waals surface area contributed by atoms with E-state index in [0.717, 1.165) is 17.7 Å². The number of fused-ring (bicyclic) bond motifs is 1. The highest BCUT2D eigenvalue weighted by Gasteiger charge is 2.35. The molecule has 1 unspecified atom stereocenters. The van der Waals surface area contributed by atoms with E-state index < -0.39 is 8.07 Å². The highest BCUT2D eigenvalue weighted by Crippen LogP contribution is 2.40. The minimum absolute atomic E-state index is 0.0450. The average molecular weight is 404 g/mol. The molecule has 146 valence electrons. The standard InChI is InChI=1S/C21H30ClN3OSi/c1-21(2,3)27(4,5)11-7-10-17-14-23-20(26)19-13-18(24-25(17)19)15-8-6-9-16(22)12-15/h6,8-9,12-13,17H,7,10-11,14H2,1-5H3,(H,23,26). The van der Waals surface area contributed by atoms with Gasteiger partial charge in [0.2, 0.25) is 0 Å². The van der Waals surface area contributed by atoms with Crippen molar-refractivity contribution in [1.82, 2.24) is 15.1 Å². The van der Waals surface area contributed by atoms with E-state index in [4.69, 9.17) is 16.7 Å². The lowest BCUT2D eigenvalue weighted by atomic mass is 10.1. The number of nitrogens with zero attached hydrogens (tertiary/aromatic N) is 2. The molecule has 27 heavy (non-hydrogen) atoms. The number of benzene rings is 1. The maximum absolute atomic E-state index is 12.3. The van der Waals surface area contributed by atoms with E-state index in [0.29, 0.717) is 22.3 Å². The zero-order chi connectivity index (χ0) is 19.8. The van der Waals surface area contributed by atoms with Gasteiger partial charge < -0.3 is 5.32 Å². The summed E-state index contributed by atoms with van der Waals surface area (Å²) >= 11 is 6.12. The van der Waals surface area contributed by atoms with Gasteiger partial charge in [0.15, 0.2) is 0 Å². The third kappa shape index (κ3) is 4.30. The Hall–Kier alpha value is -1.59. The van der Waals surface area contributed by atoms with Gasteiger partial charge in [-0.25, -0.2) is 0 Å². The molecule has 1 aliphatic heterocycles. The monoisotopic (exact) mass is 403 g/mol. The molecule has 4 nitrogen and oxygen atoms in total. The highest BCUT2D eigenvalue weighted by molar-refractivity contribution is 6.80. The highest BCUT2D eigenvalue weighted by atomic mass is 35.5. The number of carbonyl (C=O) groups is 1. The van der Waals surface area contributed by atoms with Crippen molar-refractivity contribution in [3.63, 3.8) is 0 Å². The molecule has 0 spiro atoms. The van der Waals surface area contributed by atoms with Crippen LogP contribution in [0.4, 0.5) is 0 Å². The van der Waals surface area contributed by atoms with Crippen LogP contribution in [0.2, 0.25) is 29.2 Å². The van der Waals surface area contributed by atoms with Gasteiger partial charge in [0, 0.05) is 17.1 Å². The summed E-state index contributed by atoms with van der Waals surface area (Å²) in [6.07, 6.45) is 2.21. The zero-order valence-corrected chi connectivity index (χ0v) is 18.7. The van der Waals surface area contributed by atoms with Gasteiger partial charge in [-0.15, -0.1) is 0 Å². The maximum Gasteiger partial charge on any atom is 0.269 e. The summed E-state index contributed by atoms with van der Waals surface area (Å²) in [6, 6.07) is 11.0. The topological polar surface area (TPSA) is 46.9 Å². The van der Waals surface area contributed by atoms with E-state index in [9.17, 15) is 4.79 Å². The molecule has 0 saturated heterocycles. The Bertz CT molecular complexity index is 838. The van der Waals surface area contributed by atoms with Crippen LogP contribution >= 0.6 is 11.6 Å². The SMILES string of the molecule is CC(C)(C)[Si](C)(C)CCCC1CNC(=O)c2cc(-c3cccc(Cl)c3)nn21. The lowest BCUT2D eigenvalue weighted by Gasteiger charge is -2.37. The van der Waals surface area contributed by atoms with E-state index in [1.807, 2.05) is 35.0 Å². The molecular formula is C21H30ClN3OSi. The zero-order valence-electron chi connectivity index (χ0n) is 17.0. The fourth-order valence-electron chi connectivity index (χ4n) is 3.40. The lowest BCUT2D eigenvalue weighted by molar-refractivity contribution is 0.0907. The van der Waals surface area contributed by atoms with Crippen molar-refractivity contribution in [2.75, 3.05) is 6.54 Å². The number of rotatable bonds is 5. The Morgan fingerprint density at radius 3 is 2.70 bits per heavy atom. The van der Waals surface area contributed by atoms with Crippen molar-refractivity contribution in [2.45, 2.75) is 63.8 Å². The predicted molar refractivity (Wildman–Crippen MR) is 115 cm³/mol.